The second-order valence-corrected chi connectivity index (χ2v) is 11.7. The molecule has 0 amide bonds. The van der Waals surface area contributed by atoms with Crippen molar-refractivity contribution in [3.8, 4) is 0 Å². The Bertz CT molecular complexity index is 1490. The molecular formula is C31H32F6N4S. The summed E-state index contributed by atoms with van der Waals surface area (Å²) in [5.41, 5.74) is -0.379. The molecule has 0 N–H and O–H groups in total. The summed E-state index contributed by atoms with van der Waals surface area (Å²) in [7, 11) is 0. The van der Waals surface area contributed by atoms with Crippen LogP contribution in [0.15, 0.2) is 53.9 Å². The summed E-state index contributed by atoms with van der Waals surface area (Å²) in [4.78, 5) is 13.6. The third-order valence-electron chi connectivity index (χ3n) is 7.67. The normalized spacial score (nSPS) is 14.6. The fraction of sp³-hybridized carbons (Fsp3) is 0.419. The first kappa shape index (κ1) is 30.1. The Balaban J connectivity index is 1.57. The lowest BCUT2D eigenvalue weighted by Gasteiger charge is -2.30. The molecule has 0 bridgehead atoms. The fourth-order valence-corrected chi connectivity index (χ4v) is 6.43. The zero-order chi connectivity index (χ0) is 30.1. The maximum absolute atomic E-state index is 13.6. The molecule has 0 aliphatic heterocycles. The van der Waals surface area contributed by atoms with Gasteiger partial charge in [0.1, 0.15) is 5.82 Å². The Hall–Kier alpha value is -3.34. The molecule has 2 aromatic carbocycles. The Morgan fingerprint density at radius 1 is 0.857 bits per heavy atom. The molecule has 0 radical (unpaired) electrons. The average Bonchev–Trinajstić information content (AvgIpc) is 3.61. The van der Waals surface area contributed by atoms with E-state index in [1.54, 1.807) is 11.8 Å². The molecular weight excluding hydrogens is 574 g/mol. The van der Waals surface area contributed by atoms with Crippen LogP contribution in [0.3, 0.4) is 0 Å². The number of thiazole rings is 1. The smallest absolute Gasteiger partial charge is 0.356 e. The van der Waals surface area contributed by atoms with Crippen LogP contribution in [0.5, 0.6) is 0 Å². The summed E-state index contributed by atoms with van der Waals surface area (Å²) in [5.74, 6) is 1.33. The number of benzene rings is 2. The SMILES string of the molecule is CCN(CC1CCCC1)c1nc2ccccc2cc1CN(Cc1cc(C(F)(F)F)cc(C(F)(F)F)c1)c1nc(C)cs1. The summed E-state index contributed by atoms with van der Waals surface area (Å²) < 4.78 is 81.8. The quantitative estimate of drug-likeness (QED) is 0.178. The van der Waals surface area contributed by atoms with Gasteiger partial charge in [-0.05, 0) is 68.5 Å². The average molecular weight is 607 g/mol. The lowest BCUT2D eigenvalue weighted by Crippen LogP contribution is -2.31. The van der Waals surface area contributed by atoms with Crippen LogP contribution in [0.2, 0.25) is 0 Å². The van der Waals surface area contributed by atoms with Crippen molar-refractivity contribution in [2.75, 3.05) is 22.9 Å². The van der Waals surface area contributed by atoms with Crippen LogP contribution in [-0.2, 0) is 25.4 Å². The van der Waals surface area contributed by atoms with Crippen molar-refractivity contribution < 1.29 is 26.3 Å². The number of hydrogen-bond donors (Lipinski definition) is 0. The van der Waals surface area contributed by atoms with Crippen molar-refractivity contribution in [1.82, 2.24) is 9.97 Å². The number of aryl methyl sites for hydroxylation is 1. The van der Waals surface area contributed by atoms with E-state index in [0.717, 1.165) is 53.8 Å². The molecule has 0 unspecified atom stereocenters. The Labute approximate surface area is 245 Å². The van der Waals surface area contributed by atoms with E-state index in [9.17, 15) is 26.3 Å². The molecule has 2 heterocycles. The number of rotatable bonds is 9. The van der Waals surface area contributed by atoms with Crippen LogP contribution in [0.1, 0.15) is 60.6 Å². The molecule has 5 rings (SSSR count). The van der Waals surface area contributed by atoms with Crippen LogP contribution in [0, 0.1) is 12.8 Å². The topological polar surface area (TPSA) is 32.3 Å². The number of anilines is 2. The van der Waals surface area contributed by atoms with E-state index in [0.29, 0.717) is 23.3 Å². The number of aromatic nitrogens is 2. The highest BCUT2D eigenvalue weighted by Gasteiger charge is 2.37. The Morgan fingerprint density at radius 3 is 2.12 bits per heavy atom. The van der Waals surface area contributed by atoms with E-state index in [1.807, 2.05) is 35.7 Å². The number of hydrogen-bond acceptors (Lipinski definition) is 5. The first-order valence-corrected chi connectivity index (χ1v) is 14.9. The summed E-state index contributed by atoms with van der Waals surface area (Å²) in [6.45, 7) is 5.44. The molecule has 1 aliphatic carbocycles. The van der Waals surface area contributed by atoms with Crippen LogP contribution < -0.4 is 9.80 Å². The molecule has 42 heavy (non-hydrogen) atoms. The van der Waals surface area contributed by atoms with Crippen LogP contribution >= 0.6 is 11.3 Å². The molecule has 1 fully saturated rings. The summed E-state index contributed by atoms with van der Waals surface area (Å²) in [6.07, 6.45) is -5.13. The monoisotopic (exact) mass is 606 g/mol. The summed E-state index contributed by atoms with van der Waals surface area (Å²) in [6, 6.07) is 11.5. The number of pyridine rings is 1. The first-order chi connectivity index (χ1) is 19.9. The Morgan fingerprint density at radius 2 is 1.52 bits per heavy atom. The fourth-order valence-electron chi connectivity index (χ4n) is 5.62. The highest BCUT2D eigenvalue weighted by atomic mass is 32.1. The van der Waals surface area contributed by atoms with Gasteiger partial charge in [0.25, 0.3) is 0 Å². The van der Waals surface area contributed by atoms with E-state index in [-0.39, 0.29) is 24.7 Å². The summed E-state index contributed by atoms with van der Waals surface area (Å²) >= 11 is 1.30. The largest absolute Gasteiger partial charge is 0.416 e. The minimum atomic E-state index is -4.92. The van der Waals surface area contributed by atoms with Gasteiger partial charge in [0.2, 0.25) is 0 Å². The lowest BCUT2D eigenvalue weighted by molar-refractivity contribution is -0.143. The van der Waals surface area contributed by atoms with Crippen LogP contribution in [0.25, 0.3) is 10.9 Å². The number of nitrogens with zero attached hydrogens (tertiary/aromatic N) is 4. The highest BCUT2D eigenvalue weighted by molar-refractivity contribution is 7.13. The minimum Gasteiger partial charge on any atom is -0.356 e. The van der Waals surface area contributed by atoms with Crippen molar-refractivity contribution in [2.45, 2.75) is 65.0 Å². The van der Waals surface area contributed by atoms with E-state index < -0.39 is 23.5 Å². The van der Waals surface area contributed by atoms with Gasteiger partial charge in [0, 0.05) is 42.5 Å². The van der Waals surface area contributed by atoms with E-state index in [4.69, 9.17) is 4.98 Å². The predicted octanol–water partition coefficient (Wildman–Crippen LogP) is 9.26. The van der Waals surface area contributed by atoms with E-state index in [1.165, 1.54) is 24.2 Å². The van der Waals surface area contributed by atoms with Gasteiger partial charge in [-0.2, -0.15) is 26.3 Å². The standard InChI is InChI=1S/C31H32F6N4S/c1-3-40(16-21-8-4-5-9-21)28-24(14-23-10-6-7-11-27(23)39-28)18-41(29-38-20(2)19-42-29)17-22-12-25(30(32,33)34)15-26(13-22)31(35,36)37/h6-7,10-15,19,21H,3-5,8-9,16-18H2,1-2H3. The van der Waals surface area contributed by atoms with Gasteiger partial charge in [0.05, 0.1) is 22.3 Å². The van der Waals surface area contributed by atoms with Crippen molar-refractivity contribution in [3.63, 3.8) is 0 Å². The van der Waals surface area contributed by atoms with Gasteiger partial charge in [-0.25, -0.2) is 9.97 Å². The van der Waals surface area contributed by atoms with Gasteiger partial charge >= 0.3 is 12.4 Å². The molecule has 4 nitrogen and oxygen atoms in total. The maximum Gasteiger partial charge on any atom is 0.416 e. The molecule has 2 aromatic heterocycles. The second kappa shape index (κ2) is 12.1. The predicted molar refractivity (Wildman–Crippen MR) is 155 cm³/mol. The number of para-hydroxylation sites is 1. The van der Waals surface area contributed by atoms with Crippen molar-refractivity contribution in [2.24, 2.45) is 5.92 Å². The zero-order valence-electron chi connectivity index (χ0n) is 23.4. The van der Waals surface area contributed by atoms with Gasteiger partial charge in [-0.3, -0.25) is 0 Å². The zero-order valence-corrected chi connectivity index (χ0v) is 24.2. The number of halogens is 6. The highest BCUT2D eigenvalue weighted by Crippen LogP contribution is 2.38. The number of fused-ring (bicyclic) bond motifs is 1. The number of alkyl halides is 6. The molecule has 1 saturated carbocycles. The molecule has 0 atom stereocenters. The van der Waals surface area contributed by atoms with Crippen molar-refractivity contribution in [1.29, 1.82) is 0 Å². The second-order valence-electron chi connectivity index (χ2n) is 10.9. The molecule has 224 valence electrons. The van der Waals surface area contributed by atoms with Gasteiger partial charge in [-0.15, -0.1) is 11.3 Å². The van der Waals surface area contributed by atoms with Crippen molar-refractivity contribution >= 4 is 33.2 Å². The first-order valence-electron chi connectivity index (χ1n) is 14.0. The lowest BCUT2D eigenvalue weighted by atomic mass is 10.0. The summed E-state index contributed by atoms with van der Waals surface area (Å²) in [5, 5.41) is 3.23. The van der Waals surface area contributed by atoms with Crippen molar-refractivity contribution in [3.05, 3.63) is 81.9 Å². The molecule has 0 spiro atoms. The molecule has 4 aromatic rings. The van der Waals surface area contributed by atoms with E-state index in [2.05, 4.69) is 16.8 Å². The Kier molecular flexibility index (Phi) is 8.68. The van der Waals surface area contributed by atoms with Gasteiger partial charge < -0.3 is 9.80 Å². The third-order valence-corrected chi connectivity index (χ3v) is 8.69. The minimum absolute atomic E-state index is 0.0985. The van der Waals surface area contributed by atoms with E-state index >= 15 is 0 Å². The van der Waals surface area contributed by atoms with Gasteiger partial charge in [0.15, 0.2) is 5.13 Å². The van der Waals surface area contributed by atoms with Gasteiger partial charge in [-0.1, -0.05) is 31.0 Å². The maximum atomic E-state index is 13.6. The van der Waals surface area contributed by atoms with Crippen LogP contribution in [0.4, 0.5) is 37.3 Å². The molecule has 0 saturated heterocycles. The molecule has 11 heteroatoms. The van der Waals surface area contributed by atoms with Crippen LogP contribution in [-0.4, -0.2) is 23.1 Å². The molecule has 1 aliphatic rings. The third kappa shape index (κ3) is 6.99.